The molecule has 0 saturated carbocycles. The molecule has 2 aromatic heterocycles. The van der Waals surface area contributed by atoms with E-state index in [-0.39, 0.29) is 6.61 Å². The first-order valence-corrected chi connectivity index (χ1v) is 10.2. The fraction of sp³-hybridized carbons (Fsp3) is 0.0870. The van der Waals surface area contributed by atoms with Gasteiger partial charge >= 0.3 is 5.97 Å². The van der Waals surface area contributed by atoms with Crippen LogP contribution in [0.5, 0.6) is 0 Å². The molecule has 0 unspecified atom stereocenters. The summed E-state index contributed by atoms with van der Waals surface area (Å²) in [5.41, 5.74) is 8.46. The molecule has 0 aliphatic carbocycles. The summed E-state index contributed by atoms with van der Waals surface area (Å²) < 4.78 is 7.26. The Balaban J connectivity index is 1.56. The highest BCUT2D eigenvalue weighted by Gasteiger charge is 2.20. The van der Waals surface area contributed by atoms with Gasteiger partial charge in [0.1, 0.15) is 17.9 Å². The van der Waals surface area contributed by atoms with Gasteiger partial charge in [-0.25, -0.2) is 4.79 Å². The summed E-state index contributed by atoms with van der Waals surface area (Å²) in [5, 5.41) is 6.57. The normalized spacial score (nSPS) is 10.7. The van der Waals surface area contributed by atoms with Gasteiger partial charge in [-0.15, -0.1) is 11.3 Å². The molecule has 0 atom stereocenters. The van der Waals surface area contributed by atoms with Gasteiger partial charge in [0.25, 0.3) is 0 Å². The van der Waals surface area contributed by atoms with Crippen molar-refractivity contribution in [2.45, 2.75) is 13.2 Å². The van der Waals surface area contributed by atoms with E-state index in [9.17, 15) is 9.59 Å². The van der Waals surface area contributed by atoms with Crippen LogP contribution < -0.4 is 5.73 Å². The molecule has 6 nitrogen and oxygen atoms in total. The lowest BCUT2D eigenvalue weighted by molar-refractivity contribution is 0.0473. The molecule has 0 bridgehead atoms. The molecule has 0 fully saturated rings. The van der Waals surface area contributed by atoms with Crippen LogP contribution in [0.25, 0.3) is 10.6 Å². The average Bonchev–Trinajstić information content (AvgIpc) is 3.43. The second-order valence-electron chi connectivity index (χ2n) is 6.69. The predicted molar refractivity (Wildman–Crippen MR) is 115 cm³/mol. The number of ether oxygens (including phenoxy) is 1. The standard InChI is InChI=1S/C23H19N3O3S/c24-22(27)18-9-4-8-17(12-18)15-29-23(28)19-14-26(13-16-6-2-1-3-7-16)25-21(19)20-10-5-11-30-20/h1-12,14H,13,15H2,(H2,24,27). The van der Waals surface area contributed by atoms with Crippen LogP contribution >= 0.6 is 11.3 Å². The summed E-state index contributed by atoms with van der Waals surface area (Å²) in [6.45, 7) is 0.584. The van der Waals surface area contributed by atoms with Crippen molar-refractivity contribution < 1.29 is 14.3 Å². The SMILES string of the molecule is NC(=O)c1cccc(COC(=O)c2cn(Cc3ccccc3)nc2-c2cccs2)c1. The van der Waals surface area contributed by atoms with Crippen LogP contribution in [-0.4, -0.2) is 21.7 Å². The number of rotatable bonds is 7. The maximum Gasteiger partial charge on any atom is 0.342 e. The minimum Gasteiger partial charge on any atom is -0.457 e. The van der Waals surface area contributed by atoms with Gasteiger partial charge in [-0.2, -0.15) is 5.10 Å². The number of esters is 1. The summed E-state index contributed by atoms with van der Waals surface area (Å²) in [6, 6.07) is 20.5. The van der Waals surface area contributed by atoms with Gasteiger partial charge in [-0.05, 0) is 34.7 Å². The molecule has 1 amide bonds. The van der Waals surface area contributed by atoms with E-state index in [0.717, 1.165) is 10.4 Å². The number of amides is 1. The topological polar surface area (TPSA) is 87.2 Å². The number of aromatic nitrogens is 2. The van der Waals surface area contributed by atoms with Crippen LogP contribution in [0.15, 0.2) is 78.3 Å². The van der Waals surface area contributed by atoms with Crippen LogP contribution in [0.2, 0.25) is 0 Å². The Morgan fingerprint density at radius 1 is 1.00 bits per heavy atom. The number of hydrogen-bond acceptors (Lipinski definition) is 5. The van der Waals surface area contributed by atoms with Crippen molar-refractivity contribution in [3.05, 3.63) is 101 Å². The van der Waals surface area contributed by atoms with Crippen molar-refractivity contribution in [3.8, 4) is 10.6 Å². The first-order valence-electron chi connectivity index (χ1n) is 9.31. The summed E-state index contributed by atoms with van der Waals surface area (Å²) >= 11 is 1.51. The summed E-state index contributed by atoms with van der Waals surface area (Å²) in [6.07, 6.45) is 1.71. The third-order valence-electron chi connectivity index (χ3n) is 4.50. The maximum atomic E-state index is 12.9. The van der Waals surface area contributed by atoms with Crippen LogP contribution in [0.4, 0.5) is 0 Å². The van der Waals surface area contributed by atoms with Crippen molar-refractivity contribution >= 4 is 23.2 Å². The number of hydrogen-bond donors (Lipinski definition) is 1. The molecule has 2 N–H and O–H groups in total. The largest absolute Gasteiger partial charge is 0.457 e. The molecule has 7 heteroatoms. The quantitative estimate of drug-likeness (QED) is 0.458. The lowest BCUT2D eigenvalue weighted by Gasteiger charge is -2.06. The number of carbonyl (C=O) groups is 2. The number of benzene rings is 2. The van der Waals surface area contributed by atoms with E-state index < -0.39 is 11.9 Å². The van der Waals surface area contributed by atoms with Gasteiger partial charge in [0.05, 0.1) is 11.4 Å². The van der Waals surface area contributed by atoms with E-state index in [1.54, 1.807) is 35.1 Å². The fourth-order valence-electron chi connectivity index (χ4n) is 3.06. The van der Waals surface area contributed by atoms with E-state index in [1.807, 2.05) is 47.8 Å². The highest BCUT2D eigenvalue weighted by atomic mass is 32.1. The second kappa shape index (κ2) is 8.75. The van der Waals surface area contributed by atoms with E-state index in [4.69, 9.17) is 10.5 Å². The van der Waals surface area contributed by atoms with Gasteiger partial charge in [0, 0.05) is 11.8 Å². The van der Waals surface area contributed by atoms with E-state index >= 15 is 0 Å². The lowest BCUT2D eigenvalue weighted by Crippen LogP contribution is -2.11. The molecule has 2 aromatic carbocycles. The molecule has 4 rings (SSSR count). The Bertz CT molecular complexity index is 1170. The zero-order valence-corrected chi connectivity index (χ0v) is 16.8. The van der Waals surface area contributed by atoms with E-state index in [2.05, 4.69) is 5.10 Å². The molecule has 0 spiro atoms. The first-order chi connectivity index (χ1) is 14.6. The Hall–Kier alpha value is -3.71. The number of primary amides is 1. The zero-order valence-electron chi connectivity index (χ0n) is 16.0. The van der Waals surface area contributed by atoms with Crippen molar-refractivity contribution in [2.24, 2.45) is 5.73 Å². The molecule has 4 aromatic rings. The highest BCUT2D eigenvalue weighted by molar-refractivity contribution is 7.13. The summed E-state index contributed by atoms with van der Waals surface area (Å²) in [7, 11) is 0. The van der Waals surface area contributed by atoms with Crippen LogP contribution in [0.1, 0.15) is 31.8 Å². The summed E-state index contributed by atoms with van der Waals surface area (Å²) in [5.74, 6) is -0.993. The van der Waals surface area contributed by atoms with Crippen molar-refractivity contribution in [1.82, 2.24) is 9.78 Å². The third kappa shape index (κ3) is 4.47. The molecule has 0 radical (unpaired) electrons. The molecule has 0 aliphatic rings. The molecule has 30 heavy (non-hydrogen) atoms. The highest BCUT2D eigenvalue weighted by Crippen LogP contribution is 2.27. The molecular formula is C23H19N3O3S. The Kier molecular flexibility index (Phi) is 5.72. The Morgan fingerprint density at radius 3 is 2.53 bits per heavy atom. The van der Waals surface area contributed by atoms with Gasteiger partial charge in [0.2, 0.25) is 5.91 Å². The van der Waals surface area contributed by atoms with Gasteiger partial charge in [0.15, 0.2) is 0 Å². The van der Waals surface area contributed by atoms with Gasteiger partial charge in [-0.3, -0.25) is 9.48 Å². The average molecular weight is 417 g/mol. The van der Waals surface area contributed by atoms with Crippen LogP contribution in [-0.2, 0) is 17.9 Å². The minimum atomic E-state index is -0.523. The summed E-state index contributed by atoms with van der Waals surface area (Å²) in [4.78, 5) is 25.1. The predicted octanol–water partition coefficient (Wildman–Crippen LogP) is 4.12. The number of nitrogens with two attached hydrogens (primary N) is 1. The molecule has 150 valence electrons. The monoisotopic (exact) mass is 417 g/mol. The Labute approximate surface area is 177 Å². The smallest absolute Gasteiger partial charge is 0.342 e. The number of carbonyl (C=O) groups excluding carboxylic acids is 2. The zero-order chi connectivity index (χ0) is 20.9. The Morgan fingerprint density at radius 2 is 1.80 bits per heavy atom. The maximum absolute atomic E-state index is 12.9. The molecule has 0 aliphatic heterocycles. The van der Waals surface area contributed by atoms with Gasteiger partial charge < -0.3 is 10.5 Å². The van der Waals surface area contributed by atoms with E-state index in [1.165, 1.54) is 11.3 Å². The van der Waals surface area contributed by atoms with Crippen LogP contribution in [0, 0.1) is 0 Å². The van der Waals surface area contributed by atoms with Crippen molar-refractivity contribution in [3.63, 3.8) is 0 Å². The lowest BCUT2D eigenvalue weighted by atomic mass is 10.1. The number of thiophene rings is 1. The fourth-order valence-corrected chi connectivity index (χ4v) is 3.78. The number of nitrogens with zero attached hydrogens (tertiary/aromatic N) is 2. The van der Waals surface area contributed by atoms with Crippen LogP contribution in [0.3, 0.4) is 0 Å². The minimum absolute atomic E-state index is 0.0354. The molecular weight excluding hydrogens is 398 g/mol. The van der Waals surface area contributed by atoms with E-state index in [0.29, 0.717) is 28.9 Å². The molecule has 0 saturated heterocycles. The van der Waals surface area contributed by atoms with Gasteiger partial charge in [-0.1, -0.05) is 48.5 Å². The second-order valence-corrected chi connectivity index (χ2v) is 7.64. The third-order valence-corrected chi connectivity index (χ3v) is 5.38. The van der Waals surface area contributed by atoms with Crippen molar-refractivity contribution in [2.75, 3.05) is 0 Å². The molecule has 2 heterocycles. The first kappa shape index (κ1) is 19.6. The van der Waals surface area contributed by atoms with Crippen molar-refractivity contribution in [1.29, 1.82) is 0 Å².